The summed E-state index contributed by atoms with van der Waals surface area (Å²) in [5, 5.41) is 7.12. The molecular formula is C22H29F4N3O5. The lowest BCUT2D eigenvalue weighted by atomic mass is 9.78. The third-order valence-electron chi connectivity index (χ3n) is 6.53. The van der Waals surface area contributed by atoms with E-state index >= 15 is 0 Å². The van der Waals surface area contributed by atoms with Gasteiger partial charge >= 0.3 is 18.2 Å². The second-order valence-corrected chi connectivity index (χ2v) is 8.59. The molecule has 0 radical (unpaired) electrons. The molecule has 0 aliphatic carbocycles. The number of halogens is 4. The Morgan fingerprint density at radius 2 is 1.79 bits per heavy atom. The minimum absolute atomic E-state index is 0.0662. The van der Waals surface area contributed by atoms with E-state index in [4.69, 9.17) is 19.4 Å². The Bertz CT molecular complexity index is 840. The van der Waals surface area contributed by atoms with Crippen LogP contribution in [0.25, 0.3) is 0 Å². The number of pyridine rings is 1. The fraction of sp³-hybridized carbons (Fsp3) is 0.682. The van der Waals surface area contributed by atoms with E-state index in [-0.39, 0.29) is 17.5 Å². The number of carboxylic acid groups (broad SMARTS) is 1. The van der Waals surface area contributed by atoms with Crippen LogP contribution in [-0.4, -0.2) is 83.1 Å². The van der Waals surface area contributed by atoms with E-state index in [1.165, 1.54) is 12.3 Å². The SMILES string of the molecule is O=C(N1CCCC1)N1CCC2(CC1)OCCC2CCOc1ncccc1F.O=C(O)C(F)(F)F. The van der Waals surface area contributed by atoms with Gasteiger partial charge in [-0.05, 0) is 56.6 Å². The van der Waals surface area contributed by atoms with Crippen LogP contribution in [0, 0.1) is 11.7 Å². The predicted octanol–water partition coefficient (Wildman–Crippen LogP) is 3.71. The molecule has 4 heterocycles. The topological polar surface area (TPSA) is 92.2 Å². The third-order valence-corrected chi connectivity index (χ3v) is 6.53. The van der Waals surface area contributed by atoms with Crippen LogP contribution in [0.4, 0.5) is 22.4 Å². The number of ether oxygens (including phenoxy) is 2. The highest BCUT2D eigenvalue weighted by Gasteiger charge is 2.47. The number of carbonyl (C=O) groups excluding carboxylic acids is 1. The summed E-state index contributed by atoms with van der Waals surface area (Å²) in [6.45, 7) is 4.47. The zero-order valence-electron chi connectivity index (χ0n) is 18.7. The maximum absolute atomic E-state index is 13.6. The van der Waals surface area contributed by atoms with Crippen LogP contribution in [0.5, 0.6) is 5.88 Å². The highest BCUT2D eigenvalue weighted by atomic mass is 19.4. The predicted molar refractivity (Wildman–Crippen MR) is 112 cm³/mol. The first-order chi connectivity index (χ1) is 16.1. The van der Waals surface area contributed by atoms with Crippen molar-refractivity contribution in [2.45, 2.75) is 50.3 Å². The zero-order chi connectivity index (χ0) is 24.8. The number of likely N-dealkylation sites (tertiary alicyclic amines) is 2. The maximum Gasteiger partial charge on any atom is 0.490 e. The Morgan fingerprint density at radius 3 is 2.38 bits per heavy atom. The molecule has 0 saturated carbocycles. The molecule has 190 valence electrons. The number of piperidine rings is 1. The number of rotatable bonds is 4. The Labute approximate surface area is 194 Å². The van der Waals surface area contributed by atoms with Gasteiger partial charge in [-0.15, -0.1) is 0 Å². The standard InChI is InChI=1S/C20H28FN3O3.C2HF3O2/c21-17-4-3-9-22-18(17)26-14-5-16-6-15-27-20(16)7-12-24(13-8-20)19(25)23-10-1-2-11-23;3-2(4,5)1(6)7/h3-4,9,16H,1-2,5-8,10-15H2;(H,6,7). The van der Waals surface area contributed by atoms with Crippen LogP contribution >= 0.6 is 0 Å². The summed E-state index contributed by atoms with van der Waals surface area (Å²) in [5.74, 6) is -2.74. The van der Waals surface area contributed by atoms with E-state index in [0.29, 0.717) is 12.5 Å². The van der Waals surface area contributed by atoms with Gasteiger partial charge in [-0.3, -0.25) is 0 Å². The molecule has 8 nitrogen and oxygen atoms in total. The van der Waals surface area contributed by atoms with Crippen molar-refractivity contribution in [2.75, 3.05) is 39.4 Å². The average molecular weight is 491 g/mol. The first kappa shape index (κ1) is 26.0. The van der Waals surface area contributed by atoms with Crippen molar-refractivity contribution in [3.05, 3.63) is 24.1 Å². The average Bonchev–Trinajstić information content (AvgIpc) is 3.46. The number of aliphatic carboxylic acids is 1. The normalized spacial score (nSPS) is 21.8. The van der Waals surface area contributed by atoms with Crippen molar-refractivity contribution in [3.63, 3.8) is 0 Å². The molecular weight excluding hydrogens is 462 g/mol. The summed E-state index contributed by atoms with van der Waals surface area (Å²) in [7, 11) is 0. The quantitative estimate of drug-likeness (QED) is 0.646. The Hall–Kier alpha value is -2.63. The van der Waals surface area contributed by atoms with Crippen LogP contribution in [0.15, 0.2) is 18.3 Å². The second-order valence-electron chi connectivity index (χ2n) is 8.59. The molecule has 1 aromatic rings. The van der Waals surface area contributed by atoms with Crippen LogP contribution in [0.3, 0.4) is 0 Å². The fourth-order valence-corrected chi connectivity index (χ4v) is 4.71. The van der Waals surface area contributed by atoms with E-state index in [2.05, 4.69) is 4.98 Å². The van der Waals surface area contributed by atoms with Crippen molar-refractivity contribution < 1.29 is 41.7 Å². The van der Waals surface area contributed by atoms with Crippen LogP contribution in [0.2, 0.25) is 0 Å². The number of urea groups is 1. The number of hydrogen-bond donors (Lipinski definition) is 1. The largest absolute Gasteiger partial charge is 0.490 e. The molecule has 2 amide bonds. The van der Waals surface area contributed by atoms with Gasteiger partial charge in [0.05, 0.1) is 12.2 Å². The highest BCUT2D eigenvalue weighted by Crippen LogP contribution is 2.42. The third kappa shape index (κ3) is 6.49. The smallest absolute Gasteiger partial charge is 0.476 e. The molecule has 1 spiro atoms. The number of nitrogens with zero attached hydrogens (tertiary/aromatic N) is 3. The number of carbonyl (C=O) groups is 2. The van der Waals surface area contributed by atoms with Gasteiger partial charge in [0.25, 0.3) is 0 Å². The number of amides is 2. The molecule has 1 N–H and O–H groups in total. The van der Waals surface area contributed by atoms with Crippen molar-refractivity contribution in [3.8, 4) is 5.88 Å². The van der Waals surface area contributed by atoms with E-state index < -0.39 is 18.0 Å². The molecule has 1 aromatic heterocycles. The molecule has 3 aliphatic rings. The Morgan fingerprint density at radius 1 is 1.18 bits per heavy atom. The molecule has 1 atom stereocenters. The second kappa shape index (κ2) is 11.2. The summed E-state index contributed by atoms with van der Waals surface area (Å²) >= 11 is 0. The van der Waals surface area contributed by atoms with Gasteiger partial charge in [0, 0.05) is 39.0 Å². The molecule has 3 aliphatic heterocycles. The van der Waals surface area contributed by atoms with Gasteiger partial charge in [0.15, 0.2) is 5.82 Å². The lowest BCUT2D eigenvalue weighted by Crippen LogP contribution is -2.52. The molecule has 4 rings (SSSR count). The summed E-state index contributed by atoms with van der Waals surface area (Å²) in [6, 6.07) is 3.10. The van der Waals surface area contributed by atoms with E-state index in [1.807, 2.05) is 9.80 Å². The van der Waals surface area contributed by atoms with Gasteiger partial charge in [0.1, 0.15) is 0 Å². The first-order valence-corrected chi connectivity index (χ1v) is 11.3. The summed E-state index contributed by atoms with van der Waals surface area (Å²) in [4.78, 5) is 29.4. The first-order valence-electron chi connectivity index (χ1n) is 11.3. The Balaban J connectivity index is 0.000000406. The van der Waals surface area contributed by atoms with Gasteiger partial charge in [0.2, 0.25) is 5.88 Å². The monoisotopic (exact) mass is 491 g/mol. The van der Waals surface area contributed by atoms with E-state index in [9.17, 15) is 22.4 Å². The summed E-state index contributed by atoms with van der Waals surface area (Å²) in [5.41, 5.74) is -0.159. The van der Waals surface area contributed by atoms with Crippen molar-refractivity contribution in [1.29, 1.82) is 0 Å². The minimum Gasteiger partial charge on any atom is -0.476 e. The van der Waals surface area contributed by atoms with Gasteiger partial charge in [-0.2, -0.15) is 13.2 Å². The molecule has 3 fully saturated rings. The van der Waals surface area contributed by atoms with Crippen molar-refractivity contribution in [2.24, 2.45) is 5.92 Å². The lowest BCUT2D eigenvalue weighted by molar-refractivity contribution is -0.192. The van der Waals surface area contributed by atoms with Crippen LogP contribution in [0.1, 0.15) is 38.5 Å². The number of carboxylic acids is 1. The minimum atomic E-state index is -5.08. The number of hydrogen-bond acceptors (Lipinski definition) is 5. The maximum atomic E-state index is 13.6. The highest BCUT2D eigenvalue weighted by molar-refractivity contribution is 5.75. The van der Waals surface area contributed by atoms with Gasteiger partial charge in [-0.1, -0.05) is 0 Å². The molecule has 1 unspecified atom stereocenters. The molecule has 3 saturated heterocycles. The fourth-order valence-electron chi connectivity index (χ4n) is 4.71. The van der Waals surface area contributed by atoms with Crippen LogP contribution < -0.4 is 4.74 Å². The summed E-state index contributed by atoms with van der Waals surface area (Å²) in [6.07, 6.45) is 2.23. The molecule has 34 heavy (non-hydrogen) atoms. The zero-order valence-corrected chi connectivity index (χ0v) is 18.7. The summed E-state index contributed by atoms with van der Waals surface area (Å²) < 4.78 is 57.1. The Kier molecular flexibility index (Phi) is 8.56. The lowest BCUT2D eigenvalue weighted by Gasteiger charge is -2.43. The number of aromatic nitrogens is 1. The molecule has 12 heteroatoms. The molecule has 0 bridgehead atoms. The van der Waals surface area contributed by atoms with E-state index in [1.54, 1.807) is 6.07 Å². The molecule has 0 aromatic carbocycles. The van der Waals surface area contributed by atoms with Gasteiger partial charge in [-0.25, -0.2) is 19.0 Å². The number of alkyl halides is 3. The van der Waals surface area contributed by atoms with E-state index in [0.717, 1.165) is 71.3 Å². The van der Waals surface area contributed by atoms with Crippen molar-refractivity contribution in [1.82, 2.24) is 14.8 Å². The van der Waals surface area contributed by atoms with Crippen molar-refractivity contribution >= 4 is 12.0 Å². The van der Waals surface area contributed by atoms with Gasteiger partial charge < -0.3 is 24.4 Å². The van der Waals surface area contributed by atoms with Crippen LogP contribution in [-0.2, 0) is 9.53 Å².